The zero-order valence-electron chi connectivity index (χ0n) is 7.99. The number of thioether (sulfide) groups is 1. The van der Waals surface area contributed by atoms with Gasteiger partial charge in [-0.05, 0) is 19.3 Å². The molecule has 0 bridgehead atoms. The predicted molar refractivity (Wildman–Crippen MR) is 62.8 cm³/mol. The molecule has 0 aromatic carbocycles. The molecule has 1 saturated heterocycles. The van der Waals surface area contributed by atoms with Crippen molar-refractivity contribution in [2.75, 3.05) is 18.8 Å². The highest BCUT2D eigenvalue weighted by Gasteiger charge is 2.14. The highest BCUT2D eigenvalue weighted by atomic mass is 32.2. The van der Waals surface area contributed by atoms with Crippen LogP contribution in [-0.4, -0.2) is 34.0 Å². The van der Waals surface area contributed by atoms with Crippen LogP contribution in [-0.2, 0) is 4.79 Å². The molecule has 14 heavy (non-hydrogen) atoms. The van der Waals surface area contributed by atoms with Crippen molar-refractivity contribution in [3.05, 3.63) is 0 Å². The lowest BCUT2D eigenvalue weighted by atomic mass is 10.1. The number of carbonyl (C=O) groups excluding carboxylic acids is 1. The van der Waals surface area contributed by atoms with Crippen molar-refractivity contribution in [2.45, 2.75) is 19.3 Å². The van der Waals surface area contributed by atoms with Gasteiger partial charge in [0.15, 0.2) is 0 Å². The van der Waals surface area contributed by atoms with E-state index in [0.29, 0.717) is 5.75 Å². The number of amides is 1. The van der Waals surface area contributed by atoms with E-state index in [9.17, 15) is 4.79 Å². The number of carbonyl (C=O) groups is 1. The lowest BCUT2D eigenvalue weighted by Gasteiger charge is -2.28. The number of hydrazine groups is 1. The molecular weight excluding hydrogens is 218 g/mol. The Morgan fingerprint density at radius 3 is 2.64 bits per heavy atom. The Balaban J connectivity index is 2.23. The molecule has 0 aromatic rings. The average molecular weight is 233 g/mol. The summed E-state index contributed by atoms with van der Waals surface area (Å²) in [5.74, 6) is 5.09. The Hall–Kier alpha value is -0.330. The molecule has 1 amide bonds. The second-order valence-electron chi connectivity index (χ2n) is 3.17. The Morgan fingerprint density at radius 2 is 2.07 bits per heavy atom. The average Bonchev–Trinajstić information content (AvgIpc) is 2.26. The maximum atomic E-state index is 10.9. The molecule has 0 atom stereocenters. The first-order chi connectivity index (χ1) is 6.74. The molecule has 0 aliphatic carbocycles. The van der Waals surface area contributed by atoms with E-state index in [-0.39, 0.29) is 5.91 Å². The summed E-state index contributed by atoms with van der Waals surface area (Å²) >= 11 is 6.59. The Bertz CT molecular complexity index is 217. The maximum absolute atomic E-state index is 10.9. The first-order valence-electron chi connectivity index (χ1n) is 4.65. The van der Waals surface area contributed by atoms with Crippen LogP contribution in [0.5, 0.6) is 0 Å². The van der Waals surface area contributed by atoms with Crippen molar-refractivity contribution in [1.82, 2.24) is 10.3 Å². The summed E-state index contributed by atoms with van der Waals surface area (Å²) in [6.45, 7) is 2.05. The number of thiocarbonyl (C=S) groups is 1. The Kier molecular flexibility index (Phi) is 5.21. The van der Waals surface area contributed by atoms with Gasteiger partial charge >= 0.3 is 0 Å². The summed E-state index contributed by atoms with van der Waals surface area (Å²) in [7, 11) is 0. The number of hydrogen-bond acceptors (Lipinski definition) is 4. The molecule has 1 heterocycles. The van der Waals surface area contributed by atoms with Gasteiger partial charge in [-0.15, -0.1) is 0 Å². The summed E-state index contributed by atoms with van der Waals surface area (Å²) < 4.78 is 0.813. The fourth-order valence-electron chi connectivity index (χ4n) is 1.34. The van der Waals surface area contributed by atoms with Gasteiger partial charge < -0.3 is 4.90 Å². The van der Waals surface area contributed by atoms with Crippen LogP contribution >= 0.6 is 24.0 Å². The third-order valence-electron chi connectivity index (χ3n) is 2.10. The van der Waals surface area contributed by atoms with Crippen LogP contribution < -0.4 is 11.3 Å². The van der Waals surface area contributed by atoms with Crippen LogP contribution in [0.15, 0.2) is 0 Å². The fraction of sp³-hybridized carbons (Fsp3) is 0.750. The van der Waals surface area contributed by atoms with E-state index >= 15 is 0 Å². The minimum absolute atomic E-state index is 0.186. The third kappa shape index (κ3) is 3.81. The first kappa shape index (κ1) is 11.7. The second kappa shape index (κ2) is 6.21. The summed E-state index contributed by atoms with van der Waals surface area (Å²) in [5, 5.41) is 0. The number of rotatable bonds is 2. The lowest BCUT2D eigenvalue weighted by Crippen LogP contribution is -2.35. The van der Waals surface area contributed by atoms with Crippen molar-refractivity contribution in [1.29, 1.82) is 0 Å². The second-order valence-corrected chi connectivity index (χ2v) is 4.78. The standard InChI is InChI=1S/C8H15N3OS2/c9-10-7(12)6-14-8(13)11-4-2-1-3-5-11/h1-6,9H2,(H,10,12). The zero-order chi connectivity index (χ0) is 10.4. The quantitative estimate of drug-likeness (QED) is 0.314. The number of piperidine rings is 1. The smallest absolute Gasteiger partial charge is 0.244 e. The van der Waals surface area contributed by atoms with Gasteiger partial charge in [-0.25, -0.2) is 5.84 Å². The molecule has 0 aromatic heterocycles. The van der Waals surface area contributed by atoms with Gasteiger partial charge in [0.25, 0.3) is 0 Å². The van der Waals surface area contributed by atoms with Gasteiger partial charge in [0, 0.05) is 13.1 Å². The number of hydrogen-bond donors (Lipinski definition) is 2. The van der Waals surface area contributed by atoms with Gasteiger partial charge in [-0.3, -0.25) is 10.2 Å². The predicted octanol–water partition coefficient (Wildman–Crippen LogP) is 0.480. The minimum atomic E-state index is -0.186. The molecule has 1 fully saturated rings. The van der Waals surface area contributed by atoms with Crippen molar-refractivity contribution in [3.63, 3.8) is 0 Å². The molecule has 6 heteroatoms. The Labute approximate surface area is 93.6 Å². The van der Waals surface area contributed by atoms with Crippen molar-refractivity contribution < 1.29 is 4.79 Å². The summed E-state index contributed by atoms with van der Waals surface area (Å²) in [4.78, 5) is 13.0. The SMILES string of the molecule is NNC(=O)CSC(=S)N1CCCCC1. The zero-order valence-corrected chi connectivity index (χ0v) is 9.62. The van der Waals surface area contributed by atoms with Gasteiger partial charge in [0.2, 0.25) is 5.91 Å². The normalized spacial score (nSPS) is 16.5. The van der Waals surface area contributed by atoms with Gasteiger partial charge in [-0.2, -0.15) is 0 Å². The van der Waals surface area contributed by atoms with E-state index in [4.69, 9.17) is 18.1 Å². The minimum Gasteiger partial charge on any atom is -0.358 e. The van der Waals surface area contributed by atoms with E-state index in [1.165, 1.54) is 31.0 Å². The highest BCUT2D eigenvalue weighted by molar-refractivity contribution is 8.23. The van der Waals surface area contributed by atoms with Gasteiger partial charge in [-0.1, -0.05) is 24.0 Å². The molecule has 0 saturated carbocycles. The monoisotopic (exact) mass is 233 g/mol. The van der Waals surface area contributed by atoms with Crippen molar-refractivity contribution in [3.8, 4) is 0 Å². The number of nitrogens with two attached hydrogens (primary N) is 1. The van der Waals surface area contributed by atoms with E-state index in [2.05, 4.69) is 10.3 Å². The molecule has 3 N–H and O–H groups in total. The highest BCUT2D eigenvalue weighted by Crippen LogP contribution is 2.15. The van der Waals surface area contributed by atoms with E-state index in [1.54, 1.807) is 0 Å². The summed E-state index contributed by atoms with van der Waals surface area (Å²) in [5.41, 5.74) is 2.09. The number of nitrogens with one attached hydrogen (secondary N) is 1. The van der Waals surface area contributed by atoms with Crippen LogP contribution in [0.4, 0.5) is 0 Å². The molecule has 80 valence electrons. The molecule has 0 unspecified atom stereocenters. The van der Waals surface area contributed by atoms with Crippen LogP contribution in [0, 0.1) is 0 Å². The topological polar surface area (TPSA) is 58.4 Å². The molecule has 0 spiro atoms. The van der Waals surface area contributed by atoms with E-state index < -0.39 is 0 Å². The van der Waals surface area contributed by atoms with Crippen LogP contribution in [0.3, 0.4) is 0 Å². The van der Waals surface area contributed by atoms with Gasteiger partial charge in [0.05, 0.1) is 5.75 Å². The third-order valence-corrected chi connectivity index (χ3v) is 3.63. The van der Waals surface area contributed by atoms with E-state index in [0.717, 1.165) is 17.4 Å². The molecule has 1 aliphatic heterocycles. The summed E-state index contributed by atoms with van der Waals surface area (Å²) in [6, 6.07) is 0. The van der Waals surface area contributed by atoms with Crippen molar-refractivity contribution in [2.24, 2.45) is 5.84 Å². The summed E-state index contributed by atoms with van der Waals surface area (Å²) in [6.07, 6.45) is 3.68. The van der Waals surface area contributed by atoms with Crippen LogP contribution in [0.25, 0.3) is 0 Å². The van der Waals surface area contributed by atoms with E-state index in [1.807, 2.05) is 0 Å². The van der Waals surface area contributed by atoms with Crippen LogP contribution in [0.2, 0.25) is 0 Å². The Morgan fingerprint density at radius 1 is 1.43 bits per heavy atom. The van der Waals surface area contributed by atoms with Crippen LogP contribution in [0.1, 0.15) is 19.3 Å². The fourth-order valence-corrected chi connectivity index (χ4v) is 2.40. The lowest BCUT2D eigenvalue weighted by molar-refractivity contribution is -0.118. The molecule has 1 aliphatic rings. The molecule has 4 nitrogen and oxygen atoms in total. The largest absolute Gasteiger partial charge is 0.358 e. The maximum Gasteiger partial charge on any atom is 0.244 e. The number of likely N-dealkylation sites (tertiary alicyclic amines) is 1. The van der Waals surface area contributed by atoms with Crippen molar-refractivity contribution >= 4 is 34.2 Å². The molecule has 1 rings (SSSR count). The molecular formula is C8H15N3OS2. The molecule has 0 radical (unpaired) electrons. The number of nitrogens with zero attached hydrogens (tertiary/aromatic N) is 1. The van der Waals surface area contributed by atoms with Gasteiger partial charge in [0.1, 0.15) is 4.32 Å². The first-order valence-corrected chi connectivity index (χ1v) is 6.04.